The molecule has 34 heavy (non-hydrogen) atoms. The Hall–Kier alpha value is -2.76. The average Bonchev–Trinajstić information content (AvgIpc) is 2.85. The van der Waals surface area contributed by atoms with Crippen molar-refractivity contribution in [2.75, 3.05) is 27.8 Å². The maximum absolute atomic E-state index is 13.6. The maximum Gasteiger partial charge on any atom is 0.255 e. The van der Waals surface area contributed by atoms with Gasteiger partial charge in [-0.2, -0.15) is 0 Å². The number of halogens is 1. The van der Waals surface area contributed by atoms with E-state index in [0.29, 0.717) is 23.6 Å². The fraction of sp³-hybridized carbons (Fsp3) is 0.393. The molecule has 0 N–H and O–H groups in total. The van der Waals surface area contributed by atoms with Crippen molar-refractivity contribution in [3.8, 4) is 11.5 Å². The molecule has 0 radical (unpaired) electrons. The zero-order valence-electron chi connectivity index (χ0n) is 20.7. The van der Waals surface area contributed by atoms with Gasteiger partial charge in [0.2, 0.25) is 0 Å². The first-order chi connectivity index (χ1) is 16.0. The number of hydrogen-bond donors (Lipinski definition) is 0. The first-order valence-corrected chi connectivity index (χ1v) is 11.8. The Morgan fingerprint density at radius 1 is 0.941 bits per heavy atom. The third kappa shape index (κ3) is 4.73. The summed E-state index contributed by atoms with van der Waals surface area (Å²) in [7, 11) is 5.38. The van der Waals surface area contributed by atoms with E-state index in [1.807, 2.05) is 17.0 Å². The lowest BCUT2D eigenvalue weighted by Gasteiger charge is -2.43. The Kier molecular flexibility index (Phi) is 8.45. The number of carbonyl (C=O) groups excluding carboxylic acids is 1. The van der Waals surface area contributed by atoms with Gasteiger partial charge in [-0.1, -0.05) is 50.2 Å². The molecule has 5 nitrogen and oxygen atoms in total. The van der Waals surface area contributed by atoms with E-state index in [9.17, 15) is 4.79 Å². The number of hydrogen-bond acceptors (Lipinski definition) is 4. The van der Waals surface area contributed by atoms with E-state index in [0.717, 1.165) is 24.8 Å². The van der Waals surface area contributed by atoms with Crippen molar-refractivity contribution in [3.63, 3.8) is 0 Å². The third-order valence-corrected chi connectivity index (χ3v) is 6.95. The van der Waals surface area contributed by atoms with Gasteiger partial charge in [0.05, 0.1) is 20.4 Å². The van der Waals surface area contributed by atoms with Crippen LogP contribution in [0.4, 0.5) is 0 Å². The molecule has 0 fully saturated rings. The predicted molar refractivity (Wildman–Crippen MR) is 140 cm³/mol. The number of benzene rings is 3. The SMILES string of the molecule is CCC(c1ccc2ccccc2c1)N(C)C(CC)N1CCc2cc(OC)c(OC)cc2C1=O.Cl. The van der Waals surface area contributed by atoms with Crippen molar-refractivity contribution >= 4 is 29.1 Å². The molecule has 0 saturated heterocycles. The number of rotatable bonds is 8. The number of methoxy groups -OCH3 is 2. The van der Waals surface area contributed by atoms with Crippen LogP contribution in [0.15, 0.2) is 54.6 Å². The number of carbonyl (C=O) groups is 1. The summed E-state index contributed by atoms with van der Waals surface area (Å²) in [6.45, 7) is 5.07. The molecule has 3 aromatic rings. The van der Waals surface area contributed by atoms with Crippen molar-refractivity contribution in [1.29, 1.82) is 0 Å². The first-order valence-electron chi connectivity index (χ1n) is 11.8. The number of nitrogens with zero attached hydrogens (tertiary/aromatic N) is 2. The number of amides is 1. The van der Waals surface area contributed by atoms with Crippen LogP contribution in [0, 0.1) is 0 Å². The zero-order valence-corrected chi connectivity index (χ0v) is 21.5. The highest BCUT2D eigenvalue weighted by Gasteiger charge is 2.34. The van der Waals surface area contributed by atoms with Crippen molar-refractivity contribution < 1.29 is 14.3 Å². The van der Waals surface area contributed by atoms with Gasteiger partial charge in [-0.3, -0.25) is 9.69 Å². The van der Waals surface area contributed by atoms with Gasteiger partial charge in [0.15, 0.2) is 11.5 Å². The van der Waals surface area contributed by atoms with Crippen LogP contribution in [-0.2, 0) is 6.42 Å². The molecule has 2 unspecified atom stereocenters. The average molecular weight is 483 g/mol. The van der Waals surface area contributed by atoms with Crippen molar-refractivity contribution in [1.82, 2.24) is 9.80 Å². The van der Waals surface area contributed by atoms with Gasteiger partial charge in [-0.25, -0.2) is 0 Å². The minimum Gasteiger partial charge on any atom is -0.493 e. The highest BCUT2D eigenvalue weighted by molar-refractivity contribution is 5.97. The number of fused-ring (bicyclic) bond motifs is 2. The van der Waals surface area contributed by atoms with Gasteiger partial charge in [0.25, 0.3) is 5.91 Å². The van der Waals surface area contributed by atoms with Crippen molar-refractivity contribution in [2.45, 2.75) is 45.3 Å². The molecule has 1 aliphatic rings. The molecule has 0 saturated carbocycles. The maximum atomic E-state index is 13.6. The zero-order chi connectivity index (χ0) is 23.5. The van der Waals surface area contributed by atoms with E-state index in [1.165, 1.54) is 16.3 Å². The summed E-state index contributed by atoms with van der Waals surface area (Å²) >= 11 is 0. The summed E-state index contributed by atoms with van der Waals surface area (Å²) in [5, 5.41) is 2.50. The standard InChI is InChI=1S/C28H34N2O3.ClH/c1-6-24(22-13-12-19-10-8-9-11-20(19)16-22)29(3)27(7-2)30-15-14-21-17-25(32-4)26(33-5)18-23(21)28(30)31;/h8-13,16-18,24,27H,6-7,14-15H2,1-5H3;1H. The molecule has 0 aromatic heterocycles. The van der Waals surface area contributed by atoms with Crippen molar-refractivity contribution in [2.24, 2.45) is 0 Å². The van der Waals surface area contributed by atoms with Crippen LogP contribution in [0.3, 0.4) is 0 Å². The van der Waals surface area contributed by atoms with Crippen LogP contribution >= 0.6 is 12.4 Å². The van der Waals surface area contributed by atoms with Crippen molar-refractivity contribution in [3.05, 3.63) is 71.3 Å². The van der Waals surface area contributed by atoms with E-state index in [1.54, 1.807) is 14.2 Å². The van der Waals surface area contributed by atoms with Crippen LogP contribution in [0.25, 0.3) is 10.8 Å². The second kappa shape index (κ2) is 11.1. The van der Waals surface area contributed by atoms with E-state index in [2.05, 4.69) is 68.3 Å². The fourth-order valence-corrected chi connectivity index (χ4v) is 5.22. The van der Waals surface area contributed by atoms with E-state index < -0.39 is 0 Å². The molecule has 4 rings (SSSR count). The van der Waals surface area contributed by atoms with Gasteiger partial charge in [-0.15, -0.1) is 12.4 Å². The van der Waals surface area contributed by atoms with E-state index in [4.69, 9.17) is 9.47 Å². The van der Waals surface area contributed by atoms with Gasteiger partial charge in [0.1, 0.15) is 0 Å². The molecule has 3 aromatic carbocycles. The minimum atomic E-state index is 0. The lowest BCUT2D eigenvalue weighted by Crippen LogP contribution is -2.52. The van der Waals surface area contributed by atoms with Crippen LogP contribution in [-0.4, -0.2) is 49.7 Å². The summed E-state index contributed by atoms with van der Waals surface area (Å²) in [4.78, 5) is 18.0. The lowest BCUT2D eigenvalue weighted by molar-refractivity contribution is 0.0198. The molecule has 1 amide bonds. The summed E-state index contributed by atoms with van der Waals surface area (Å²) in [6.07, 6.45) is 2.64. The van der Waals surface area contributed by atoms with Gasteiger partial charge < -0.3 is 14.4 Å². The smallest absolute Gasteiger partial charge is 0.255 e. The normalized spacial score (nSPS) is 15.0. The molecule has 0 bridgehead atoms. The van der Waals surface area contributed by atoms with Gasteiger partial charge in [0, 0.05) is 18.2 Å². The van der Waals surface area contributed by atoms with Crippen LogP contribution in [0.2, 0.25) is 0 Å². The molecule has 1 heterocycles. The Morgan fingerprint density at radius 2 is 1.62 bits per heavy atom. The van der Waals surface area contributed by atoms with E-state index in [-0.39, 0.29) is 30.5 Å². The Labute approximate surface area is 209 Å². The number of ether oxygens (including phenoxy) is 2. The predicted octanol–water partition coefficient (Wildman–Crippen LogP) is 6.10. The molecule has 6 heteroatoms. The first kappa shape index (κ1) is 25.9. The summed E-state index contributed by atoms with van der Waals surface area (Å²) < 4.78 is 10.9. The molecule has 0 spiro atoms. The highest BCUT2D eigenvalue weighted by Crippen LogP contribution is 2.35. The van der Waals surface area contributed by atoms with Gasteiger partial charge in [-0.05, 0) is 66.4 Å². The Morgan fingerprint density at radius 3 is 2.26 bits per heavy atom. The van der Waals surface area contributed by atoms with Gasteiger partial charge >= 0.3 is 0 Å². The second-order valence-electron chi connectivity index (χ2n) is 8.70. The fourth-order valence-electron chi connectivity index (χ4n) is 5.22. The molecule has 182 valence electrons. The molecule has 0 aliphatic carbocycles. The molecular formula is C28H35ClN2O3. The molecular weight excluding hydrogens is 448 g/mol. The second-order valence-corrected chi connectivity index (χ2v) is 8.70. The third-order valence-electron chi connectivity index (χ3n) is 6.95. The van der Waals surface area contributed by atoms with Crippen LogP contribution < -0.4 is 9.47 Å². The topological polar surface area (TPSA) is 42.0 Å². The quantitative estimate of drug-likeness (QED) is 0.389. The van der Waals surface area contributed by atoms with Crippen LogP contribution in [0.5, 0.6) is 11.5 Å². The largest absolute Gasteiger partial charge is 0.493 e. The molecule has 2 atom stereocenters. The highest BCUT2D eigenvalue weighted by atomic mass is 35.5. The Balaban J connectivity index is 0.00000324. The monoisotopic (exact) mass is 482 g/mol. The molecule has 1 aliphatic heterocycles. The lowest BCUT2D eigenvalue weighted by atomic mass is 9.96. The van der Waals surface area contributed by atoms with Crippen LogP contribution in [0.1, 0.15) is 54.2 Å². The Bertz CT molecular complexity index is 1150. The van der Waals surface area contributed by atoms with E-state index >= 15 is 0 Å². The summed E-state index contributed by atoms with van der Waals surface area (Å²) in [5.74, 6) is 1.32. The summed E-state index contributed by atoms with van der Waals surface area (Å²) in [5.41, 5.74) is 3.02. The summed E-state index contributed by atoms with van der Waals surface area (Å²) in [6, 6.07) is 19.2. The minimum absolute atomic E-state index is 0.